The van der Waals surface area contributed by atoms with Crippen LogP contribution in [-0.4, -0.2) is 0 Å². The zero-order chi connectivity index (χ0) is 22.9. The fraction of sp³-hybridized carbons (Fsp3) is 0.0625. The molecule has 2 nitrogen and oxygen atoms in total. The molecule has 5 aromatic rings. The quantitative estimate of drug-likeness (QED) is 0.315. The molecule has 8 rings (SSSR count). The van der Waals surface area contributed by atoms with Crippen molar-refractivity contribution in [2.24, 2.45) is 0 Å². The third kappa shape index (κ3) is 2.11. The van der Waals surface area contributed by atoms with E-state index in [0.717, 1.165) is 11.4 Å². The van der Waals surface area contributed by atoms with E-state index in [1.807, 2.05) is 24.3 Å². The molecule has 0 unspecified atom stereocenters. The molecule has 4 N–H and O–H groups in total. The van der Waals surface area contributed by atoms with Gasteiger partial charge in [-0.3, -0.25) is 0 Å². The number of nitrogens with two attached hydrogens (primary N) is 2. The Balaban J connectivity index is 1.73. The molecule has 0 aromatic heterocycles. The molecule has 3 aliphatic rings. The smallest absolute Gasteiger partial charge is 0.0711 e. The minimum absolute atomic E-state index is 0.410. The van der Waals surface area contributed by atoms with Gasteiger partial charge < -0.3 is 11.5 Å². The minimum atomic E-state index is -0.410. The zero-order valence-electron chi connectivity index (χ0n) is 18.7. The largest absolute Gasteiger partial charge is 0.399 e. The van der Waals surface area contributed by atoms with Crippen molar-refractivity contribution in [3.05, 3.63) is 166 Å². The fourth-order valence-corrected chi connectivity index (χ4v) is 6.68. The molecule has 34 heavy (non-hydrogen) atoms. The first-order chi connectivity index (χ1) is 16.7. The molecule has 0 radical (unpaired) electrons. The van der Waals surface area contributed by atoms with Crippen LogP contribution in [-0.2, 0) is 10.8 Å². The average molecular weight is 437 g/mol. The first-order valence-electron chi connectivity index (χ1n) is 11.7. The van der Waals surface area contributed by atoms with E-state index in [-0.39, 0.29) is 0 Å². The summed E-state index contributed by atoms with van der Waals surface area (Å²) in [4.78, 5) is 0. The summed E-state index contributed by atoms with van der Waals surface area (Å²) in [6.07, 6.45) is 0. The molecule has 2 bridgehead atoms. The lowest BCUT2D eigenvalue weighted by molar-refractivity contribution is 0.557. The minimum Gasteiger partial charge on any atom is -0.399 e. The highest BCUT2D eigenvalue weighted by Gasteiger charge is 2.59. The van der Waals surface area contributed by atoms with Crippen molar-refractivity contribution in [3.63, 3.8) is 0 Å². The van der Waals surface area contributed by atoms with Gasteiger partial charge in [0.2, 0.25) is 0 Å². The van der Waals surface area contributed by atoms with Gasteiger partial charge in [-0.05, 0) is 68.8 Å². The van der Waals surface area contributed by atoms with Crippen LogP contribution in [0.2, 0.25) is 0 Å². The molecular weight excluding hydrogens is 412 g/mol. The Kier molecular flexibility index (Phi) is 3.73. The van der Waals surface area contributed by atoms with Crippen LogP contribution in [0.15, 0.2) is 121 Å². The zero-order valence-corrected chi connectivity index (χ0v) is 18.7. The highest BCUT2D eigenvalue weighted by molar-refractivity contribution is 5.82. The normalized spacial score (nSPS) is 21.4. The summed E-state index contributed by atoms with van der Waals surface area (Å²) in [5, 5.41) is 0. The van der Waals surface area contributed by atoms with Crippen LogP contribution in [0.1, 0.15) is 44.5 Å². The van der Waals surface area contributed by atoms with Crippen LogP contribution in [0, 0.1) is 0 Å². The molecule has 0 amide bonds. The first-order valence-corrected chi connectivity index (χ1v) is 11.7. The number of rotatable bonds is 2. The van der Waals surface area contributed by atoms with Gasteiger partial charge in [-0.1, -0.05) is 97.1 Å². The van der Waals surface area contributed by atoms with Gasteiger partial charge in [0.25, 0.3) is 0 Å². The summed E-state index contributed by atoms with van der Waals surface area (Å²) in [5.41, 5.74) is 23.4. The predicted octanol–water partition coefficient (Wildman–Crippen LogP) is 6.24. The van der Waals surface area contributed by atoms with Gasteiger partial charge in [0.15, 0.2) is 0 Å². The summed E-state index contributed by atoms with van der Waals surface area (Å²) < 4.78 is 0. The van der Waals surface area contributed by atoms with Gasteiger partial charge in [0.05, 0.1) is 10.8 Å². The Morgan fingerprint density at radius 3 is 0.794 bits per heavy atom. The summed E-state index contributed by atoms with van der Waals surface area (Å²) in [7, 11) is 0. The standard InChI is InChI=1S/C32H24N2/c33-23-17-13-21(14-18-23)31-25-7-1-2-8-26(25)32(22-15-19-24(34)20-16-22,29-11-5-3-9-27(29)31)30-12-6-4-10-28(30)31/h1-20H,33-34H2. The van der Waals surface area contributed by atoms with Crippen LogP contribution >= 0.6 is 0 Å². The maximum atomic E-state index is 6.13. The number of nitrogen functional groups attached to an aromatic ring is 2. The number of anilines is 2. The summed E-state index contributed by atoms with van der Waals surface area (Å²) in [5.74, 6) is 0. The second-order valence-corrected chi connectivity index (χ2v) is 9.38. The van der Waals surface area contributed by atoms with Crippen LogP contribution in [0.5, 0.6) is 0 Å². The average Bonchev–Trinajstić information content (AvgIpc) is 2.89. The molecule has 3 aliphatic carbocycles. The molecule has 2 heteroatoms. The topological polar surface area (TPSA) is 52.0 Å². The van der Waals surface area contributed by atoms with Crippen molar-refractivity contribution in [2.75, 3.05) is 11.5 Å². The third-order valence-electron chi connectivity index (χ3n) is 7.89. The molecule has 0 saturated carbocycles. The number of hydrogen-bond acceptors (Lipinski definition) is 2. The summed E-state index contributed by atoms with van der Waals surface area (Å²) >= 11 is 0. The van der Waals surface area contributed by atoms with Gasteiger partial charge >= 0.3 is 0 Å². The van der Waals surface area contributed by atoms with Gasteiger partial charge in [-0.15, -0.1) is 0 Å². The second-order valence-electron chi connectivity index (χ2n) is 9.38. The third-order valence-corrected chi connectivity index (χ3v) is 7.89. The van der Waals surface area contributed by atoms with Gasteiger partial charge in [0, 0.05) is 11.4 Å². The second kappa shape index (κ2) is 6.61. The Bertz CT molecular complexity index is 1330. The van der Waals surface area contributed by atoms with Crippen LogP contribution in [0.25, 0.3) is 0 Å². The SMILES string of the molecule is Nc1ccc(C23c4ccccc4C(c4ccc(N)cc4)(c4ccccc42)c2ccccc23)cc1. The van der Waals surface area contributed by atoms with Gasteiger partial charge in [0.1, 0.15) is 0 Å². The molecule has 0 fully saturated rings. The Morgan fingerprint density at radius 2 is 0.559 bits per heavy atom. The van der Waals surface area contributed by atoms with Crippen molar-refractivity contribution in [1.82, 2.24) is 0 Å². The Morgan fingerprint density at radius 1 is 0.324 bits per heavy atom. The van der Waals surface area contributed by atoms with E-state index >= 15 is 0 Å². The van der Waals surface area contributed by atoms with Crippen molar-refractivity contribution in [3.8, 4) is 0 Å². The highest BCUT2D eigenvalue weighted by atomic mass is 14.6. The van der Waals surface area contributed by atoms with Crippen LogP contribution < -0.4 is 11.5 Å². The van der Waals surface area contributed by atoms with Gasteiger partial charge in [-0.25, -0.2) is 0 Å². The molecule has 162 valence electrons. The van der Waals surface area contributed by atoms with E-state index in [4.69, 9.17) is 11.5 Å². The van der Waals surface area contributed by atoms with Crippen LogP contribution in [0.4, 0.5) is 11.4 Å². The molecule has 5 aromatic carbocycles. The molecule has 0 spiro atoms. The van der Waals surface area contributed by atoms with E-state index < -0.39 is 10.8 Å². The van der Waals surface area contributed by atoms with E-state index in [9.17, 15) is 0 Å². The molecule has 0 atom stereocenters. The van der Waals surface area contributed by atoms with Crippen molar-refractivity contribution in [2.45, 2.75) is 10.8 Å². The van der Waals surface area contributed by atoms with Crippen molar-refractivity contribution in [1.29, 1.82) is 0 Å². The van der Waals surface area contributed by atoms with E-state index in [0.29, 0.717) is 0 Å². The maximum Gasteiger partial charge on any atom is 0.0711 e. The first kappa shape index (κ1) is 19.2. The van der Waals surface area contributed by atoms with E-state index in [1.165, 1.54) is 44.5 Å². The Labute approximate surface area is 199 Å². The van der Waals surface area contributed by atoms with Crippen LogP contribution in [0.3, 0.4) is 0 Å². The fourth-order valence-electron chi connectivity index (χ4n) is 6.68. The number of hydrogen-bond donors (Lipinski definition) is 2. The Hall–Kier alpha value is -4.30. The van der Waals surface area contributed by atoms with Gasteiger partial charge in [-0.2, -0.15) is 0 Å². The van der Waals surface area contributed by atoms with Crippen molar-refractivity contribution >= 4 is 11.4 Å². The highest BCUT2D eigenvalue weighted by Crippen LogP contribution is 2.65. The molecule has 0 heterocycles. The van der Waals surface area contributed by atoms with E-state index in [1.54, 1.807) is 0 Å². The van der Waals surface area contributed by atoms with E-state index in [2.05, 4.69) is 97.1 Å². The molecular formula is C32H24N2. The molecule has 0 saturated heterocycles. The molecule has 0 aliphatic heterocycles. The van der Waals surface area contributed by atoms with Crippen molar-refractivity contribution < 1.29 is 0 Å². The number of benzene rings is 5. The lowest BCUT2D eigenvalue weighted by Crippen LogP contribution is -2.51. The summed E-state index contributed by atoms with van der Waals surface area (Å²) in [6, 6.07) is 43.7. The lowest BCUT2D eigenvalue weighted by atomic mass is 9.44. The summed E-state index contributed by atoms with van der Waals surface area (Å²) in [6.45, 7) is 0. The maximum absolute atomic E-state index is 6.13. The predicted molar refractivity (Wildman–Crippen MR) is 139 cm³/mol. The lowest BCUT2D eigenvalue weighted by Gasteiger charge is -2.57. The monoisotopic (exact) mass is 436 g/mol.